The number of anilines is 1. The summed E-state index contributed by atoms with van der Waals surface area (Å²) in [5.41, 5.74) is 2.51. The number of nitrogens with one attached hydrogen (secondary N) is 2. The topological polar surface area (TPSA) is 108 Å². The molecule has 2 aromatic carbocycles. The maximum atomic E-state index is 13.0. The number of H-pyrrole nitrogens is 1. The zero-order chi connectivity index (χ0) is 20.8. The monoisotopic (exact) mass is 436 g/mol. The number of carbonyl (C=O) groups is 1. The lowest BCUT2D eigenvalue weighted by molar-refractivity contribution is 0.102. The van der Waals surface area contributed by atoms with Gasteiger partial charge in [-0.25, -0.2) is 4.98 Å². The molecule has 0 spiro atoms. The van der Waals surface area contributed by atoms with Crippen LogP contribution in [0.25, 0.3) is 21.5 Å². The molecule has 4 heterocycles. The average Bonchev–Trinajstić information content (AvgIpc) is 3.43. The fourth-order valence-corrected chi connectivity index (χ4v) is 4.43. The van der Waals surface area contributed by atoms with E-state index >= 15 is 0 Å². The van der Waals surface area contributed by atoms with Crippen LogP contribution in [0.2, 0.25) is 0 Å². The molecular formula is C21H16N4O5S. The number of thiazole rings is 1. The van der Waals surface area contributed by atoms with Crippen molar-refractivity contribution in [2.45, 2.75) is 0 Å². The normalized spacial score (nSPS) is 14.5. The minimum atomic E-state index is -0.310. The van der Waals surface area contributed by atoms with Crippen LogP contribution in [0.15, 0.2) is 36.5 Å². The van der Waals surface area contributed by atoms with E-state index in [0.29, 0.717) is 65.8 Å². The third-order valence-electron chi connectivity index (χ3n) is 4.99. The molecule has 4 aromatic rings. The van der Waals surface area contributed by atoms with Crippen molar-refractivity contribution in [1.82, 2.24) is 15.2 Å². The van der Waals surface area contributed by atoms with Gasteiger partial charge in [0, 0.05) is 17.7 Å². The molecular weight excluding hydrogens is 420 g/mol. The fourth-order valence-electron chi connectivity index (χ4n) is 3.56. The van der Waals surface area contributed by atoms with Crippen LogP contribution in [0, 0.1) is 0 Å². The van der Waals surface area contributed by atoms with E-state index in [-0.39, 0.29) is 5.91 Å². The summed E-state index contributed by atoms with van der Waals surface area (Å²) in [4.78, 5) is 17.5. The van der Waals surface area contributed by atoms with Gasteiger partial charge in [0.05, 0.1) is 27.7 Å². The molecule has 2 aromatic heterocycles. The first-order valence-corrected chi connectivity index (χ1v) is 10.5. The van der Waals surface area contributed by atoms with E-state index in [1.54, 1.807) is 0 Å². The first-order chi connectivity index (χ1) is 15.2. The molecule has 2 aliphatic rings. The van der Waals surface area contributed by atoms with Crippen LogP contribution in [0.3, 0.4) is 0 Å². The molecule has 0 saturated heterocycles. The summed E-state index contributed by atoms with van der Waals surface area (Å²) < 4.78 is 23.3. The van der Waals surface area contributed by atoms with Crippen LogP contribution in [0.5, 0.6) is 23.0 Å². The Hall–Kier alpha value is -3.79. The highest BCUT2D eigenvalue weighted by Gasteiger charge is 2.21. The van der Waals surface area contributed by atoms with Crippen molar-refractivity contribution in [2.24, 2.45) is 0 Å². The molecule has 0 bridgehead atoms. The largest absolute Gasteiger partial charge is 0.486 e. The van der Waals surface area contributed by atoms with E-state index < -0.39 is 0 Å². The van der Waals surface area contributed by atoms with Crippen LogP contribution in [0.4, 0.5) is 5.13 Å². The minimum absolute atomic E-state index is 0.310. The Balaban J connectivity index is 1.28. The lowest BCUT2D eigenvalue weighted by Crippen LogP contribution is -2.15. The van der Waals surface area contributed by atoms with Crippen LogP contribution in [-0.2, 0) is 0 Å². The molecule has 6 rings (SSSR count). The maximum absolute atomic E-state index is 13.0. The molecule has 0 radical (unpaired) electrons. The SMILES string of the molecule is O=C(Nc1nc2cc3c(cc2s1)OCCO3)c1cn[nH]c1-c1ccc2c(c1)OCCO2. The number of carbonyl (C=O) groups excluding carboxylic acids is 1. The highest BCUT2D eigenvalue weighted by Crippen LogP contribution is 2.38. The molecule has 0 saturated carbocycles. The minimum Gasteiger partial charge on any atom is -0.486 e. The molecule has 2 N–H and O–H groups in total. The number of nitrogens with zero attached hydrogens (tertiary/aromatic N) is 2. The summed E-state index contributed by atoms with van der Waals surface area (Å²) in [6.07, 6.45) is 1.50. The van der Waals surface area contributed by atoms with E-state index in [1.165, 1.54) is 17.5 Å². The van der Waals surface area contributed by atoms with Gasteiger partial charge in [-0.05, 0) is 18.2 Å². The zero-order valence-corrected chi connectivity index (χ0v) is 17.0. The lowest BCUT2D eigenvalue weighted by Gasteiger charge is -2.18. The maximum Gasteiger partial charge on any atom is 0.261 e. The number of fused-ring (bicyclic) bond motifs is 3. The summed E-state index contributed by atoms with van der Waals surface area (Å²) in [6, 6.07) is 9.23. The van der Waals surface area contributed by atoms with Gasteiger partial charge in [-0.2, -0.15) is 5.10 Å². The Labute approximate surface area is 179 Å². The van der Waals surface area contributed by atoms with Gasteiger partial charge < -0.3 is 18.9 Å². The van der Waals surface area contributed by atoms with Crippen LogP contribution in [0.1, 0.15) is 10.4 Å². The van der Waals surface area contributed by atoms with E-state index in [1.807, 2.05) is 30.3 Å². The summed E-state index contributed by atoms with van der Waals surface area (Å²) in [5, 5.41) is 10.3. The number of amides is 1. The van der Waals surface area contributed by atoms with E-state index in [0.717, 1.165) is 15.8 Å². The molecule has 31 heavy (non-hydrogen) atoms. The van der Waals surface area contributed by atoms with E-state index in [4.69, 9.17) is 18.9 Å². The van der Waals surface area contributed by atoms with Crippen molar-refractivity contribution in [1.29, 1.82) is 0 Å². The van der Waals surface area contributed by atoms with Crippen LogP contribution < -0.4 is 24.3 Å². The quantitative estimate of drug-likeness (QED) is 0.506. The van der Waals surface area contributed by atoms with Gasteiger partial charge in [-0.3, -0.25) is 15.2 Å². The van der Waals surface area contributed by atoms with E-state index in [9.17, 15) is 4.79 Å². The predicted molar refractivity (Wildman–Crippen MR) is 114 cm³/mol. The Morgan fingerprint density at radius 2 is 1.65 bits per heavy atom. The number of rotatable bonds is 3. The van der Waals surface area contributed by atoms with Crippen LogP contribution in [-0.4, -0.2) is 47.5 Å². The van der Waals surface area contributed by atoms with Crippen molar-refractivity contribution in [2.75, 3.05) is 31.7 Å². The fraction of sp³-hybridized carbons (Fsp3) is 0.190. The standard InChI is InChI=1S/C21H16N4O5S/c26-20(24-21-23-13-8-16-17(9-18(13)31-21)30-6-5-29-16)12-10-22-25-19(12)11-1-2-14-15(7-11)28-4-3-27-14/h1-2,7-10H,3-6H2,(H,22,25)(H,23,24,26). The zero-order valence-electron chi connectivity index (χ0n) is 16.1. The molecule has 1 amide bonds. The Bertz CT molecular complexity index is 1270. The summed E-state index contributed by atoms with van der Waals surface area (Å²) in [7, 11) is 0. The molecule has 0 atom stereocenters. The van der Waals surface area contributed by atoms with Gasteiger partial charge in [0.2, 0.25) is 0 Å². The smallest absolute Gasteiger partial charge is 0.261 e. The number of ether oxygens (including phenoxy) is 4. The molecule has 0 unspecified atom stereocenters. The molecule has 9 nitrogen and oxygen atoms in total. The van der Waals surface area contributed by atoms with Crippen LogP contribution >= 0.6 is 11.3 Å². The van der Waals surface area contributed by atoms with Gasteiger partial charge >= 0.3 is 0 Å². The molecule has 156 valence electrons. The van der Waals surface area contributed by atoms with Crippen molar-refractivity contribution in [3.05, 3.63) is 42.1 Å². The third-order valence-corrected chi connectivity index (χ3v) is 5.92. The lowest BCUT2D eigenvalue weighted by atomic mass is 10.1. The summed E-state index contributed by atoms with van der Waals surface area (Å²) >= 11 is 1.37. The second-order valence-corrected chi connectivity index (χ2v) is 7.98. The van der Waals surface area contributed by atoms with Crippen molar-refractivity contribution in [3.63, 3.8) is 0 Å². The summed E-state index contributed by atoms with van der Waals surface area (Å²) in [5.74, 6) is 2.37. The second-order valence-electron chi connectivity index (χ2n) is 6.95. The number of hydrogen-bond acceptors (Lipinski definition) is 8. The highest BCUT2D eigenvalue weighted by molar-refractivity contribution is 7.22. The molecule has 2 aliphatic heterocycles. The molecule has 10 heteroatoms. The Morgan fingerprint density at radius 1 is 0.935 bits per heavy atom. The summed E-state index contributed by atoms with van der Waals surface area (Å²) in [6.45, 7) is 2.04. The van der Waals surface area contributed by atoms with Crippen molar-refractivity contribution in [3.8, 4) is 34.3 Å². The van der Waals surface area contributed by atoms with Crippen molar-refractivity contribution < 1.29 is 23.7 Å². The number of benzene rings is 2. The van der Waals surface area contributed by atoms with Gasteiger partial charge in [0.25, 0.3) is 5.91 Å². The third kappa shape index (κ3) is 3.21. The highest BCUT2D eigenvalue weighted by atomic mass is 32.1. The second kappa shape index (κ2) is 7.17. The van der Waals surface area contributed by atoms with Gasteiger partial charge in [-0.15, -0.1) is 0 Å². The first kappa shape index (κ1) is 18.0. The van der Waals surface area contributed by atoms with Gasteiger partial charge in [0.1, 0.15) is 26.4 Å². The number of aromatic amines is 1. The molecule has 0 aliphatic carbocycles. The van der Waals surface area contributed by atoms with Gasteiger partial charge in [0.15, 0.2) is 28.1 Å². The number of aromatic nitrogens is 3. The molecule has 0 fully saturated rings. The number of hydrogen-bond donors (Lipinski definition) is 2. The Morgan fingerprint density at radius 3 is 2.45 bits per heavy atom. The Kier molecular flexibility index (Phi) is 4.17. The van der Waals surface area contributed by atoms with Gasteiger partial charge in [-0.1, -0.05) is 11.3 Å². The predicted octanol–water partition coefficient (Wildman–Crippen LogP) is 3.48. The van der Waals surface area contributed by atoms with E-state index in [2.05, 4.69) is 20.5 Å². The van der Waals surface area contributed by atoms with Crippen molar-refractivity contribution >= 4 is 32.6 Å². The first-order valence-electron chi connectivity index (χ1n) is 9.69. The average molecular weight is 436 g/mol.